The highest BCUT2D eigenvalue weighted by molar-refractivity contribution is 6.31. The zero-order chi connectivity index (χ0) is 18.2. The highest BCUT2D eigenvalue weighted by atomic mass is 35.5. The smallest absolute Gasteiger partial charge is 0.241 e. The molecule has 6 heteroatoms. The van der Waals surface area contributed by atoms with Crippen LogP contribution in [0.2, 0.25) is 5.02 Å². The summed E-state index contributed by atoms with van der Waals surface area (Å²) in [5.41, 5.74) is 1.51. The van der Waals surface area contributed by atoms with Crippen molar-refractivity contribution in [1.29, 1.82) is 5.26 Å². The van der Waals surface area contributed by atoms with Crippen LogP contribution in [0.15, 0.2) is 48.5 Å². The number of anilines is 1. The van der Waals surface area contributed by atoms with E-state index in [2.05, 4.69) is 0 Å². The minimum atomic E-state index is -0.368. The molecule has 2 aromatic carbocycles. The Kier molecular flexibility index (Phi) is 6.93. The number of carbonyl (C=O) groups excluding carboxylic acids is 1. The molecule has 0 saturated carbocycles. The van der Waals surface area contributed by atoms with E-state index in [0.717, 1.165) is 5.56 Å². The van der Waals surface area contributed by atoms with E-state index in [1.165, 1.54) is 17.0 Å². The first-order valence-electron chi connectivity index (χ1n) is 7.86. The zero-order valence-electron chi connectivity index (χ0n) is 14.0. The van der Waals surface area contributed by atoms with Crippen molar-refractivity contribution in [3.8, 4) is 6.07 Å². The van der Waals surface area contributed by atoms with Gasteiger partial charge >= 0.3 is 0 Å². The van der Waals surface area contributed by atoms with Gasteiger partial charge in [0.05, 0.1) is 19.0 Å². The molecule has 0 aliphatic heterocycles. The molecule has 0 unspecified atom stereocenters. The molecule has 0 radical (unpaired) electrons. The lowest BCUT2D eigenvalue weighted by Gasteiger charge is -2.25. The molecule has 0 aliphatic carbocycles. The minimum Gasteiger partial charge on any atom is -0.310 e. The Hall–Kier alpha value is -2.42. The van der Waals surface area contributed by atoms with Gasteiger partial charge in [0.25, 0.3) is 0 Å². The summed E-state index contributed by atoms with van der Waals surface area (Å²) in [7, 11) is 1.83. The third-order valence-electron chi connectivity index (χ3n) is 3.69. The first-order valence-corrected chi connectivity index (χ1v) is 8.24. The summed E-state index contributed by atoms with van der Waals surface area (Å²) in [6, 6.07) is 15.2. The summed E-state index contributed by atoms with van der Waals surface area (Å²) in [6.45, 7) is 0.954. The van der Waals surface area contributed by atoms with Gasteiger partial charge in [-0.05, 0) is 42.9 Å². The molecule has 0 fully saturated rings. The van der Waals surface area contributed by atoms with Gasteiger partial charge in [0.15, 0.2) is 0 Å². The number of halogens is 2. The van der Waals surface area contributed by atoms with E-state index in [1.54, 1.807) is 12.1 Å². The van der Waals surface area contributed by atoms with Crippen molar-refractivity contribution in [3.05, 3.63) is 64.9 Å². The number of nitriles is 1. The Labute approximate surface area is 152 Å². The maximum atomic E-state index is 13.1. The number of likely N-dealkylation sites (N-methyl/N-ethyl adjacent to an activating group) is 1. The largest absolute Gasteiger partial charge is 0.310 e. The van der Waals surface area contributed by atoms with Gasteiger partial charge in [0, 0.05) is 23.8 Å². The number of hydrogen-bond donors (Lipinski definition) is 0. The van der Waals surface area contributed by atoms with Crippen LogP contribution < -0.4 is 4.90 Å². The second-order valence-electron chi connectivity index (χ2n) is 5.69. The fraction of sp³-hybridized carbons (Fsp3) is 0.263. The molecule has 2 rings (SSSR count). The third-order valence-corrected chi connectivity index (χ3v) is 4.06. The third kappa shape index (κ3) is 5.56. The Bertz CT molecular complexity index is 758. The van der Waals surface area contributed by atoms with E-state index >= 15 is 0 Å². The van der Waals surface area contributed by atoms with Crippen LogP contribution in [0.5, 0.6) is 0 Å². The Balaban J connectivity index is 2.07. The summed E-state index contributed by atoms with van der Waals surface area (Å²) < 4.78 is 13.1. The maximum Gasteiger partial charge on any atom is 0.241 e. The lowest BCUT2D eigenvalue weighted by molar-refractivity contribution is -0.119. The molecule has 0 spiro atoms. The molecule has 25 heavy (non-hydrogen) atoms. The molecule has 0 aromatic heterocycles. The molecule has 0 bridgehead atoms. The predicted octanol–water partition coefficient (Wildman–Crippen LogP) is 3.86. The van der Waals surface area contributed by atoms with E-state index < -0.39 is 0 Å². The van der Waals surface area contributed by atoms with Crippen molar-refractivity contribution in [2.75, 3.05) is 25.0 Å². The number of amides is 1. The summed E-state index contributed by atoms with van der Waals surface area (Å²) >= 11 is 6.15. The summed E-state index contributed by atoms with van der Waals surface area (Å²) in [5, 5.41) is 9.48. The molecule has 2 aromatic rings. The van der Waals surface area contributed by atoms with E-state index in [4.69, 9.17) is 16.9 Å². The fourth-order valence-electron chi connectivity index (χ4n) is 2.47. The molecule has 0 heterocycles. The molecule has 1 amide bonds. The highest BCUT2D eigenvalue weighted by Gasteiger charge is 2.18. The first-order chi connectivity index (χ1) is 12.0. The quantitative estimate of drug-likeness (QED) is 0.754. The van der Waals surface area contributed by atoms with Crippen molar-refractivity contribution >= 4 is 23.2 Å². The average Bonchev–Trinajstić information content (AvgIpc) is 2.58. The molecule has 4 nitrogen and oxygen atoms in total. The zero-order valence-corrected chi connectivity index (χ0v) is 14.7. The lowest BCUT2D eigenvalue weighted by atomic mass is 10.2. The first kappa shape index (κ1) is 18.9. The lowest BCUT2D eigenvalue weighted by Crippen LogP contribution is -2.39. The molecular weight excluding hydrogens is 341 g/mol. The van der Waals surface area contributed by atoms with Crippen molar-refractivity contribution < 1.29 is 9.18 Å². The summed E-state index contributed by atoms with van der Waals surface area (Å²) in [6.07, 6.45) is 0.206. The Morgan fingerprint density at radius 1 is 1.20 bits per heavy atom. The van der Waals surface area contributed by atoms with Gasteiger partial charge in [-0.15, -0.1) is 0 Å². The Morgan fingerprint density at radius 2 is 1.88 bits per heavy atom. The predicted molar refractivity (Wildman–Crippen MR) is 96.8 cm³/mol. The van der Waals surface area contributed by atoms with Gasteiger partial charge in [0.1, 0.15) is 5.82 Å². The minimum absolute atomic E-state index is 0.156. The second kappa shape index (κ2) is 9.16. The summed E-state index contributed by atoms with van der Waals surface area (Å²) in [4.78, 5) is 16.0. The van der Waals surface area contributed by atoms with Gasteiger partial charge < -0.3 is 4.90 Å². The van der Waals surface area contributed by atoms with Crippen LogP contribution >= 0.6 is 11.6 Å². The topological polar surface area (TPSA) is 47.3 Å². The number of rotatable bonds is 7. The number of hydrogen-bond acceptors (Lipinski definition) is 3. The second-order valence-corrected chi connectivity index (χ2v) is 6.10. The van der Waals surface area contributed by atoms with Crippen LogP contribution in [-0.2, 0) is 11.3 Å². The van der Waals surface area contributed by atoms with Crippen molar-refractivity contribution in [2.24, 2.45) is 0 Å². The number of nitrogens with zero attached hydrogens (tertiary/aromatic N) is 3. The van der Waals surface area contributed by atoms with Gasteiger partial charge in [-0.1, -0.05) is 29.8 Å². The normalized spacial score (nSPS) is 10.5. The van der Waals surface area contributed by atoms with Crippen LogP contribution in [0.1, 0.15) is 12.0 Å². The molecule has 0 aliphatic rings. The van der Waals surface area contributed by atoms with Gasteiger partial charge in [-0.3, -0.25) is 9.69 Å². The monoisotopic (exact) mass is 359 g/mol. The van der Waals surface area contributed by atoms with E-state index in [0.29, 0.717) is 17.3 Å². The van der Waals surface area contributed by atoms with E-state index in [1.807, 2.05) is 42.3 Å². The van der Waals surface area contributed by atoms with Gasteiger partial charge in [0.2, 0.25) is 5.91 Å². The van der Waals surface area contributed by atoms with Crippen LogP contribution in [0.3, 0.4) is 0 Å². The summed E-state index contributed by atoms with van der Waals surface area (Å²) in [5.74, 6) is -0.524. The van der Waals surface area contributed by atoms with Gasteiger partial charge in [-0.25, -0.2) is 4.39 Å². The average molecular weight is 360 g/mol. The van der Waals surface area contributed by atoms with Gasteiger partial charge in [-0.2, -0.15) is 5.26 Å². The van der Waals surface area contributed by atoms with Crippen LogP contribution in [0, 0.1) is 17.1 Å². The molecule has 130 valence electrons. The fourth-order valence-corrected chi connectivity index (χ4v) is 2.67. The maximum absolute atomic E-state index is 13.1. The van der Waals surface area contributed by atoms with E-state index in [9.17, 15) is 9.18 Å². The standard InChI is InChI=1S/C19H19ClFN3O/c1-23(13-15-5-2-3-6-18(15)20)14-19(25)24(12-4-11-22)17-9-7-16(21)8-10-17/h2-3,5-10H,4,12-14H2,1H3. The highest BCUT2D eigenvalue weighted by Crippen LogP contribution is 2.18. The SMILES string of the molecule is CN(CC(=O)N(CCC#N)c1ccc(F)cc1)Cc1ccccc1Cl. The number of benzene rings is 2. The van der Waals surface area contributed by atoms with Crippen molar-refractivity contribution in [2.45, 2.75) is 13.0 Å². The van der Waals surface area contributed by atoms with Crippen LogP contribution in [-0.4, -0.2) is 30.9 Å². The van der Waals surface area contributed by atoms with Crippen molar-refractivity contribution in [1.82, 2.24) is 4.90 Å². The van der Waals surface area contributed by atoms with Crippen LogP contribution in [0.25, 0.3) is 0 Å². The molecule has 0 saturated heterocycles. The van der Waals surface area contributed by atoms with Crippen molar-refractivity contribution in [3.63, 3.8) is 0 Å². The van der Waals surface area contributed by atoms with E-state index in [-0.39, 0.29) is 31.2 Å². The molecular formula is C19H19ClFN3O. The Morgan fingerprint density at radius 3 is 2.52 bits per heavy atom. The van der Waals surface area contributed by atoms with Crippen LogP contribution in [0.4, 0.5) is 10.1 Å². The molecule has 0 atom stereocenters. The molecule has 0 N–H and O–H groups in total. The number of carbonyl (C=O) groups is 1.